The summed E-state index contributed by atoms with van der Waals surface area (Å²) in [7, 11) is 0. The minimum atomic E-state index is -0.348. The van der Waals surface area contributed by atoms with E-state index >= 15 is 0 Å². The molecule has 0 aromatic rings. The van der Waals surface area contributed by atoms with E-state index in [1.165, 1.54) is 6.08 Å². The summed E-state index contributed by atoms with van der Waals surface area (Å²) >= 11 is 0. The molecule has 0 radical (unpaired) electrons. The molecule has 1 atom stereocenters. The molecule has 3 amide bonds. The van der Waals surface area contributed by atoms with Gasteiger partial charge in [0.15, 0.2) is 0 Å². The van der Waals surface area contributed by atoms with Gasteiger partial charge in [-0.25, -0.2) is 0 Å². The Morgan fingerprint density at radius 1 is 1.29 bits per heavy atom. The molecular formula is C15H21N3O3. The lowest BCUT2D eigenvalue weighted by Crippen LogP contribution is -2.65. The van der Waals surface area contributed by atoms with Crippen LogP contribution in [0.2, 0.25) is 0 Å². The van der Waals surface area contributed by atoms with Crippen molar-refractivity contribution in [2.45, 2.75) is 31.7 Å². The highest BCUT2D eigenvalue weighted by Gasteiger charge is 2.48. The second-order valence-electron chi connectivity index (χ2n) is 6.42. The van der Waals surface area contributed by atoms with Gasteiger partial charge in [-0.1, -0.05) is 6.58 Å². The van der Waals surface area contributed by atoms with Crippen molar-refractivity contribution < 1.29 is 14.4 Å². The van der Waals surface area contributed by atoms with Crippen LogP contribution in [0.5, 0.6) is 0 Å². The normalized spacial score (nSPS) is 27.2. The Morgan fingerprint density at radius 2 is 2.00 bits per heavy atom. The molecule has 0 bridgehead atoms. The van der Waals surface area contributed by atoms with Crippen LogP contribution in [-0.2, 0) is 14.4 Å². The van der Waals surface area contributed by atoms with E-state index in [9.17, 15) is 14.4 Å². The number of rotatable bonds is 2. The molecule has 3 rings (SSSR count). The molecule has 3 fully saturated rings. The van der Waals surface area contributed by atoms with Crippen molar-refractivity contribution in [3.05, 3.63) is 12.7 Å². The highest BCUT2D eigenvalue weighted by Crippen LogP contribution is 2.39. The zero-order chi connectivity index (χ0) is 15.0. The summed E-state index contributed by atoms with van der Waals surface area (Å²) < 4.78 is 0. The van der Waals surface area contributed by atoms with Crippen LogP contribution in [0.25, 0.3) is 0 Å². The van der Waals surface area contributed by atoms with Gasteiger partial charge in [-0.15, -0.1) is 0 Å². The first-order chi connectivity index (χ1) is 10.0. The zero-order valence-electron chi connectivity index (χ0n) is 12.1. The highest BCUT2D eigenvalue weighted by molar-refractivity contribution is 5.91. The van der Waals surface area contributed by atoms with Gasteiger partial charge in [0.05, 0.1) is 0 Å². The molecule has 3 saturated heterocycles. The predicted molar refractivity (Wildman–Crippen MR) is 76.2 cm³/mol. The van der Waals surface area contributed by atoms with Gasteiger partial charge < -0.3 is 15.1 Å². The number of nitrogens with one attached hydrogen (secondary N) is 1. The molecule has 1 N–H and O–H groups in total. The minimum absolute atomic E-state index is 0.0351. The maximum Gasteiger partial charge on any atom is 0.245 e. The maximum absolute atomic E-state index is 12.5. The molecule has 0 unspecified atom stereocenters. The van der Waals surface area contributed by atoms with Gasteiger partial charge in [0.1, 0.15) is 6.04 Å². The molecule has 3 heterocycles. The lowest BCUT2D eigenvalue weighted by Gasteiger charge is -2.54. The summed E-state index contributed by atoms with van der Waals surface area (Å²) in [5.41, 5.74) is 0.0508. The van der Waals surface area contributed by atoms with E-state index in [-0.39, 0.29) is 29.2 Å². The van der Waals surface area contributed by atoms with Crippen LogP contribution >= 0.6 is 0 Å². The minimum Gasteiger partial charge on any atom is -0.344 e. The first-order valence-electron chi connectivity index (χ1n) is 7.52. The Balaban J connectivity index is 1.59. The monoisotopic (exact) mass is 291 g/mol. The Labute approximate surface area is 124 Å². The van der Waals surface area contributed by atoms with Crippen molar-refractivity contribution in [2.24, 2.45) is 5.41 Å². The highest BCUT2D eigenvalue weighted by atomic mass is 16.2. The van der Waals surface area contributed by atoms with E-state index in [4.69, 9.17) is 0 Å². The molecule has 21 heavy (non-hydrogen) atoms. The predicted octanol–water partition coefficient (Wildman–Crippen LogP) is -0.0980. The lowest BCUT2D eigenvalue weighted by molar-refractivity contribution is -0.149. The molecule has 0 aromatic heterocycles. The summed E-state index contributed by atoms with van der Waals surface area (Å²) in [6.45, 7) is 6.36. The number of likely N-dealkylation sites (tertiary alicyclic amines) is 2. The molecule has 0 aromatic carbocycles. The van der Waals surface area contributed by atoms with Crippen LogP contribution in [-0.4, -0.2) is 59.7 Å². The van der Waals surface area contributed by atoms with Crippen LogP contribution in [0, 0.1) is 5.41 Å². The van der Waals surface area contributed by atoms with Gasteiger partial charge in [-0.2, -0.15) is 0 Å². The molecule has 1 spiro atoms. The molecular weight excluding hydrogens is 270 g/mol. The Kier molecular flexibility index (Phi) is 3.47. The Bertz CT molecular complexity index is 496. The van der Waals surface area contributed by atoms with Gasteiger partial charge >= 0.3 is 0 Å². The quantitative estimate of drug-likeness (QED) is 0.722. The summed E-state index contributed by atoms with van der Waals surface area (Å²) in [4.78, 5) is 38.9. The van der Waals surface area contributed by atoms with Crippen molar-refractivity contribution in [1.82, 2.24) is 15.1 Å². The van der Waals surface area contributed by atoms with Crippen molar-refractivity contribution in [3.8, 4) is 0 Å². The smallest absolute Gasteiger partial charge is 0.245 e. The van der Waals surface area contributed by atoms with E-state index in [2.05, 4.69) is 11.9 Å². The summed E-state index contributed by atoms with van der Waals surface area (Å²) in [5.74, 6) is -0.0352. The van der Waals surface area contributed by atoms with Gasteiger partial charge in [-0.05, 0) is 25.3 Å². The molecule has 114 valence electrons. The molecule has 3 aliphatic rings. The molecule has 3 aliphatic heterocycles. The Hall–Kier alpha value is -1.85. The van der Waals surface area contributed by atoms with E-state index in [1.54, 1.807) is 4.90 Å². The molecule has 6 heteroatoms. The summed E-state index contributed by atoms with van der Waals surface area (Å²) in [6.07, 6.45) is 4.39. The molecule has 0 saturated carbocycles. The topological polar surface area (TPSA) is 69.7 Å². The number of amides is 3. The molecule has 0 aliphatic carbocycles. The van der Waals surface area contributed by atoms with E-state index < -0.39 is 0 Å². The number of carbonyl (C=O) groups excluding carboxylic acids is 3. The van der Waals surface area contributed by atoms with Crippen molar-refractivity contribution in [3.63, 3.8) is 0 Å². The fourth-order valence-electron chi connectivity index (χ4n) is 3.72. The summed E-state index contributed by atoms with van der Waals surface area (Å²) in [5, 5.41) is 2.74. The maximum atomic E-state index is 12.5. The third-order valence-corrected chi connectivity index (χ3v) is 4.81. The average Bonchev–Trinajstić information content (AvgIpc) is 2.89. The third-order valence-electron chi connectivity index (χ3n) is 4.81. The fraction of sp³-hybridized carbons (Fsp3) is 0.667. The SMILES string of the molecule is C=CC(=O)N1CC2(CCCN(C(=O)[C@@H]3CCC(=O)N3)C2)C1. The third kappa shape index (κ3) is 2.54. The number of hydrogen-bond donors (Lipinski definition) is 1. The van der Waals surface area contributed by atoms with Gasteiger partial charge in [0, 0.05) is 38.0 Å². The first-order valence-corrected chi connectivity index (χ1v) is 7.52. The van der Waals surface area contributed by atoms with Crippen LogP contribution in [0.1, 0.15) is 25.7 Å². The number of nitrogens with zero attached hydrogens (tertiary/aromatic N) is 2. The number of hydrogen-bond acceptors (Lipinski definition) is 3. The van der Waals surface area contributed by atoms with Crippen LogP contribution in [0.3, 0.4) is 0 Å². The van der Waals surface area contributed by atoms with Crippen molar-refractivity contribution in [2.75, 3.05) is 26.2 Å². The zero-order valence-corrected chi connectivity index (χ0v) is 12.1. The van der Waals surface area contributed by atoms with Crippen LogP contribution in [0.15, 0.2) is 12.7 Å². The Morgan fingerprint density at radius 3 is 2.62 bits per heavy atom. The van der Waals surface area contributed by atoms with Crippen LogP contribution < -0.4 is 5.32 Å². The second kappa shape index (κ2) is 5.16. The van der Waals surface area contributed by atoms with E-state index in [0.717, 1.165) is 19.4 Å². The lowest BCUT2D eigenvalue weighted by atomic mass is 9.73. The van der Waals surface area contributed by atoms with Gasteiger partial charge in [0.25, 0.3) is 0 Å². The van der Waals surface area contributed by atoms with Crippen molar-refractivity contribution >= 4 is 17.7 Å². The number of carbonyl (C=O) groups is 3. The van der Waals surface area contributed by atoms with Crippen LogP contribution in [0.4, 0.5) is 0 Å². The van der Waals surface area contributed by atoms with Gasteiger partial charge in [-0.3, -0.25) is 14.4 Å². The van der Waals surface area contributed by atoms with Crippen molar-refractivity contribution in [1.29, 1.82) is 0 Å². The van der Waals surface area contributed by atoms with Gasteiger partial charge in [0.2, 0.25) is 17.7 Å². The van der Waals surface area contributed by atoms with E-state index in [1.807, 2.05) is 4.90 Å². The summed E-state index contributed by atoms with van der Waals surface area (Å²) in [6, 6.07) is -0.348. The fourth-order valence-corrected chi connectivity index (χ4v) is 3.72. The largest absolute Gasteiger partial charge is 0.344 e. The second-order valence-corrected chi connectivity index (χ2v) is 6.42. The first kappa shape index (κ1) is 14.1. The average molecular weight is 291 g/mol. The number of piperidine rings is 1. The molecule has 6 nitrogen and oxygen atoms in total. The van der Waals surface area contributed by atoms with E-state index in [0.29, 0.717) is 32.5 Å². The standard InChI is InChI=1S/C15H21N3O3/c1-2-13(20)18-9-15(10-18)6-3-7-17(8-15)14(21)11-4-5-12(19)16-11/h2,11H,1,3-10H2,(H,16,19)/t11-/m0/s1.